The molecule has 0 atom stereocenters. The highest BCUT2D eigenvalue weighted by Gasteiger charge is 2.09. The van der Waals surface area contributed by atoms with E-state index in [9.17, 15) is 4.79 Å². The third-order valence-corrected chi connectivity index (χ3v) is 3.18. The lowest BCUT2D eigenvalue weighted by Crippen LogP contribution is -2.01. The van der Waals surface area contributed by atoms with Crippen LogP contribution in [0.25, 0.3) is 10.9 Å². The summed E-state index contributed by atoms with van der Waals surface area (Å²) in [5.74, 6) is 0.0470. The maximum atomic E-state index is 12.4. The minimum absolute atomic E-state index is 0.0470. The van der Waals surface area contributed by atoms with Crippen molar-refractivity contribution in [3.8, 4) is 0 Å². The number of nitrogens with zero attached hydrogens (tertiary/aromatic N) is 1. The Morgan fingerprint density at radius 2 is 1.68 bits per heavy atom. The van der Waals surface area contributed by atoms with Gasteiger partial charge in [-0.05, 0) is 31.2 Å². The van der Waals surface area contributed by atoms with Crippen LogP contribution in [-0.2, 0) is 0 Å². The summed E-state index contributed by atoms with van der Waals surface area (Å²) in [6, 6.07) is 17.1. The number of hydrogen-bond donors (Lipinski definition) is 0. The van der Waals surface area contributed by atoms with Crippen LogP contribution >= 0.6 is 0 Å². The molecular weight excluding hydrogens is 234 g/mol. The normalized spacial score (nSPS) is 10.6. The molecule has 0 aliphatic carbocycles. The van der Waals surface area contributed by atoms with Crippen LogP contribution in [0.4, 0.5) is 0 Å². The van der Waals surface area contributed by atoms with E-state index < -0.39 is 0 Å². The number of ketones is 1. The van der Waals surface area contributed by atoms with Crippen molar-refractivity contribution in [3.63, 3.8) is 0 Å². The van der Waals surface area contributed by atoms with Gasteiger partial charge in [-0.3, -0.25) is 9.78 Å². The molecule has 0 bridgehead atoms. The van der Waals surface area contributed by atoms with Gasteiger partial charge in [-0.2, -0.15) is 0 Å². The fourth-order valence-corrected chi connectivity index (χ4v) is 2.09. The number of pyridine rings is 1. The first kappa shape index (κ1) is 11.6. The second kappa shape index (κ2) is 4.65. The van der Waals surface area contributed by atoms with Crippen molar-refractivity contribution < 1.29 is 4.79 Å². The zero-order valence-corrected chi connectivity index (χ0v) is 10.6. The summed E-state index contributed by atoms with van der Waals surface area (Å²) in [5, 5.41) is 0.987. The molecule has 2 heteroatoms. The maximum absolute atomic E-state index is 12.4. The maximum Gasteiger partial charge on any atom is 0.193 e. The SMILES string of the molecule is Cc1ccc(C(=O)c2ccc3ncccc3c2)cc1. The number of carbonyl (C=O) groups is 1. The van der Waals surface area contributed by atoms with Crippen LogP contribution < -0.4 is 0 Å². The van der Waals surface area contributed by atoms with Gasteiger partial charge in [-0.15, -0.1) is 0 Å². The molecule has 3 aromatic rings. The lowest BCUT2D eigenvalue weighted by Gasteiger charge is -2.03. The average Bonchev–Trinajstić information content (AvgIpc) is 2.47. The quantitative estimate of drug-likeness (QED) is 0.645. The van der Waals surface area contributed by atoms with Crippen molar-refractivity contribution in [2.75, 3.05) is 0 Å². The van der Waals surface area contributed by atoms with E-state index in [0.717, 1.165) is 16.5 Å². The molecule has 19 heavy (non-hydrogen) atoms. The van der Waals surface area contributed by atoms with E-state index in [2.05, 4.69) is 4.98 Å². The Labute approximate surface area is 111 Å². The fraction of sp³-hybridized carbons (Fsp3) is 0.0588. The molecule has 0 radical (unpaired) electrons. The van der Waals surface area contributed by atoms with Crippen LogP contribution in [0.15, 0.2) is 60.8 Å². The number of aryl methyl sites for hydroxylation is 1. The number of benzene rings is 2. The van der Waals surface area contributed by atoms with Crippen LogP contribution in [0.5, 0.6) is 0 Å². The molecule has 0 saturated carbocycles. The van der Waals surface area contributed by atoms with Crippen molar-refractivity contribution in [2.45, 2.75) is 6.92 Å². The Balaban J connectivity index is 2.04. The molecule has 0 aliphatic heterocycles. The predicted molar refractivity (Wildman–Crippen MR) is 76.4 cm³/mol. The fourth-order valence-electron chi connectivity index (χ4n) is 2.09. The summed E-state index contributed by atoms with van der Waals surface area (Å²) in [4.78, 5) is 16.6. The zero-order valence-electron chi connectivity index (χ0n) is 10.6. The van der Waals surface area contributed by atoms with E-state index in [1.54, 1.807) is 6.20 Å². The molecule has 0 unspecified atom stereocenters. The van der Waals surface area contributed by atoms with Crippen molar-refractivity contribution in [2.24, 2.45) is 0 Å². The van der Waals surface area contributed by atoms with Gasteiger partial charge in [-0.25, -0.2) is 0 Å². The van der Waals surface area contributed by atoms with Gasteiger partial charge in [0.1, 0.15) is 0 Å². The number of hydrogen-bond acceptors (Lipinski definition) is 2. The first-order chi connectivity index (χ1) is 9.24. The van der Waals surface area contributed by atoms with Gasteiger partial charge in [0.2, 0.25) is 0 Å². The van der Waals surface area contributed by atoms with Gasteiger partial charge in [0, 0.05) is 22.7 Å². The summed E-state index contributed by atoms with van der Waals surface area (Å²) in [6.07, 6.45) is 1.75. The van der Waals surface area contributed by atoms with Crippen molar-refractivity contribution in [1.29, 1.82) is 0 Å². The molecule has 0 aliphatic rings. The second-order valence-corrected chi connectivity index (χ2v) is 4.61. The number of carbonyl (C=O) groups excluding carboxylic acids is 1. The summed E-state index contributed by atoms with van der Waals surface area (Å²) >= 11 is 0. The van der Waals surface area contributed by atoms with Crippen LogP contribution in [0.3, 0.4) is 0 Å². The minimum Gasteiger partial charge on any atom is -0.289 e. The molecule has 1 heterocycles. The Morgan fingerprint density at radius 3 is 2.47 bits per heavy atom. The van der Waals surface area contributed by atoms with E-state index in [4.69, 9.17) is 0 Å². The largest absolute Gasteiger partial charge is 0.289 e. The van der Waals surface area contributed by atoms with Crippen LogP contribution in [-0.4, -0.2) is 10.8 Å². The first-order valence-corrected chi connectivity index (χ1v) is 6.20. The summed E-state index contributed by atoms with van der Waals surface area (Å²) < 4.78 is 0. The van der Waals surface area contributed by atoms with Crippen LogP contribution in [0.2, 0.25) is 0 Å². The molecule has 0 fully saturated rings. The van der Waals surface area contributed by atoms with Gasteiger partial charge in [-0.1, -0.05) is 35.9 Å². The predicted octanol–water partition coefficient (Wildman–Crippen LogP) is 3.77. The average molecular weight is 247 g/mol. The van der Waals surface area contributed by atoms with E-state index in [-0.39, 0.29) is 5.78 Å². The molecule has 0 saturated heterocycles. The van der Waals surface area contributed by atoms with Crippen LogP contribution in [0.1, 0.15) is 21.5 Å². The zero-order chi connectivity index (χ0) is 13.2. The van der Waals surface area contributed by atoms with E-state index >= 15 is 0 Å². The molecule has 0 spiro atoms. The van der Waals surface area contributed by atoms with Gasteiger partial charge >= 0.3 is 0 Å². The highest BCUT2D eigenvalue weighted by molar-refractivity contribution is 6.10. The third kappa shape index (κ3) is 2.25. The van der Waals surface area contributed by atoms with Crippen molar-refractivity contribution in [1.82, 2.24) is 4.98 Å². The molecule has 2 nitrogen and oxygen atoms in total. The Bertz CT molecular complexity index is 745. The Hall–Kier alpha value is -2.48. The van der Waals surface area contributed by atoms with Crippen molar-refractivity contribution in [3.05, 3.63) is 77.5 Å². The summed E-state index contributed by atoms with van der Waals surface area (Å²) in [6.45, 7) is 2.01. The number of aromatic nitrogens is 1. The Kier molecular flexibility index (Phi) is 2.84. The molecular formula is C17H13NO. The highest BCUT2D eigenvalue weighted by atomic mass is 16.1. The first-order valence-electron chi connectivity index (χ1n) is 6.20. The Morgan fingerprint density at radius 1 is 0.947 bits per heavy atom. The standard InChI is InChI=1S/C17H13NO/c1-12-4-6-13(7-5-12)17(19)15-8-9-16-14(11-15)3-2-10-18-16/h2-11H,1H3. The number of rotatable bonds is 2. The molecule has 2 aromatic carbocycles. The molecule has 0 N–H and O–H groups in total. The van der Waals surface area contributed by atoms with Gasteiger partial charge in [0.25, 0.3) is 0 Å². The number of fused-ring (bicyclic) bond motifs is 1. The smallest absolute Gasteiger partial charge is 0.193 e. The highest BCUT2D eigenvalue weighted by Crippen LogP contribution is 2.16. The van der Waals surface area contributed by atoms with Gasteiger partial charge < -0.3 is 0 Å². The lowest BCUT2D eigenvalue weighted by molar-refractivity contribution is 0.103. The van der Waals surface area contributed by atoms with Gasteiger partial charge in [0.15, 0.2) is 5.78 Å². The van der Waals surface area contributed by atoms with E-state index in [0.29, 0.717) is 11.1 Å². The summed E-state index contributed by atoms with van der Waals surface area (Å²) in [5.41, 5.74) is 3.47. The topological polar surface area (TPSA) is 30.0 Å². The third-order valence-electron chi connectivity index (χ3n) is 3.18. The second-order valence-electron chi connectivity index (χ2n) is 4.61. The van der Waals surface area contributed by atoms with Gasteiger partial charge in [0.05, 0.1) is 5.52 Å². The molecule has 92 valence electrons. The van der Waals surface area contributed by atoms with E-state index in [1.807, 2.05) is 61.5 Å². The monoisotopic (exact) mass is 247 g/mol. The van der Waals surface area contributed by atoms with Crippen LogP contribution in [0, 0.1) is 6.92 Å². The lowest BCUT2D eigenvalue weighted by atomic mass is 10.0. The minimum atomic E-state index is 0.0470. The molecule has 1 aromatic heterocycles. The molecule has 3 rings (SSSR count). The van der Waals surface area contributed by atoms with Crippen molar-refractivity contribution >= 4 is 16.7 Å². The summed E-state index contributed by atoms with van der Waals surface area (Å²) in [7, 11) is 0. The van der Waals surface area contributed by atoms with E-state index in [1.165, 1.54) is 0 Å². The molecule has 0 amide bonds.